The topological polar surface area (TPSA) is 67.8 Å². The van der Waals surface area contributed by atoms with Gasteiger partial charge in [0, 0.05) is 24.2 Å². The van der Waals surface area contributed by atoms with Crippen LogP contribution in [-0.4, -0.2) is 18.2 Å². The molecule has 3 aromatic rings. The first-order valence-electron chi connectivity index (χ1n) is 9.23. The first-order valence-corrected chi connectivity index (χ1v) is 9.61. The molecule has 164 valence electrons. The number of hydrogen-bond donors (Lipinski definition) is 2. The molecule has 0 fully saturated rings. The van der Waals surface area contributed by atoms with Gasteiger partial charge < -0.3 is 19.9 Å². The van der Waals surface area contributed by atoms with E-state index < -0.39 is 11.8 Å². The van der Waals surface area contributed by atoms with E-state index in [4.69, 9.17) is 26.2 Å². The van der Waals surface area contributed by atoms with Crippen LogP contribution in [0.2, 0.25) is 5.02 Å². The zero-order valence-corrected chi connectivity index (χ0v) is 18.3. The van der Waals surface area contributed by atoms with E-state index in [1.165, 1.54) is 12.1 Å². The van der Waals surface area contributed by atoms with E-state index in [1.54, 1.807) is 43.5 Å². The highest BCUT2D eigenvalue weighted by atomic mass is 35.5. The van der Waals surface area contributed by atoms with Crippen molar-refractivity contribution >= 4 is 30.0 Å². The molecule has 0 atom stereocenters. The second kappa shape index (κ2) is 11.6. The maximum atomic E-state index is 13.3. The fourth-order valence-electron chi connectivity index (χ4n) is 2.92. The highest BCUT2D eigenvalue weighted by molar-refractivity contribution is 6.31. The molecular weight excluding hydrogens is 444 g/mol. The fraction of sp³-hybridized carbons (Fsp3) is 0.174. The number of aromatic carboxylic acids is 1. The first kappa shape index (κ1) is 24.5. The van der Waals surface area contributed by atoms with Gasteiger partial charge in [0.15, 0.2) is 11.5 Å². The summed E-state index contributed by atoms with van der Waals surface area (Å²) in [6, 6.07) is 16.5. The van der Waals surface area contributed by atoms with Gasteiger partial charge >= 0.3 is 5.97 Å². The van der Waals surface area contributed by atoms with Crippen molar-refractivity contribution in [2.24, 2.45) is 0 Å². The van der Waals surface area contributed by atoms with Crippen LogP contribution in [0, 0.1) is 5.82 Å². The summed E-state index contributed by atoms with van der Waals surface area (Å²) in [4.78, 5) is 10.9. The lowest BCUT2D eigenvalue weighted by atomic mass is 10.1. The summed E-state index contributed by atoms with van der Waals surface area (Å²) in [6.07, 6.45) is 0. The third-order valence-corrected chi connectivity index (χ3v) is 4.86. The Kier molecular flexibility index (Phi) is 9.12. The lowest BCUT2D eigenvalue weighted by molar-refractivity contribution is 0.0697. The molecule has 31 heavy (non-hydrogen) atoms. The number of benzene rings is 3. The van der Waals surface area contributed by atoms with Crippen molar-refractivity contribution in [1.29, 1.82) is 0 Å². The lowest BCUT2D eigenvalue weighted by Gasteiger charge is -2.16. The Morgan fingerprint density at radius 3 is 2.45 bits per heavy atom. The molecule has 0 aliphatic rings. The average Bonchev–Trinajstić information content (AvgIpc) is 2.74. The van der Waals surface area contributed by atoms with Crippen LogP contribution in [0.4, 0.5) is 4.39 Å². The molecule has 0 spiro atoms. The zero-order chi connectivity index (χ0) is 21.5. The average molecular weight is 466 g/mol. The SMILES string of the molecule is COc1cccc(CNCc2ccc(C(=O)O)cc2)c1OCc1ccc(F)cc1Cl.Cl. The van der Waals surface area contributed by atoms with Gasteiger partial charge in [0.25, 0.3) is 0 Å². The van der Waals surface area contributed by atoms with Gasteiger partial charge in [0.2, 0.25) is 0 Å². The van der Waals surface area contributed by atoms with Gasteiger partial charge in [0.05, 0.1) is 17.7 Å². The van der Waals surface area contributed by atoms with Crippen molar-refractivity contribution in [3.05, 3.63) is 93.8 Å². The van der Waals surface area contributed by atoms with Crippen LogP contribution in [0.5, 0.6) is 11.5 Å². The predicted molar refractivity (Wildman–Crippen MR) is 120 cm³/mol. The van der Waals surface area contributed by atoms with Gasteiger partial charge in [0.1, 0.15) is 12.4 Å². The second-order valence-corrected chi connectivity index (χ2v) is 6.99. The summed E-state index contributed by atoms with van der Waals surface area (Å²) in [5.41, 5.74) is 2.77. The van der Waals surface area contributed by atoms with Crippen molar-refractivity contribution in [3.63, 3.8) is 0 Å². The smallest absolute Gasteiger partial charge is 0.335 e. The molecule has 0 aromatic heterocycles. The van der Waals surface area contributed by atoms with Crippen LogP contribution >= 0.6 is 24.0 Å². The molecular formula is C23H22Cl2FNO4. The maximum Gasteiger partial charge on any atom is 0.335 e. The van der Waals surface area contributed by atoms with Gasteiger partial charge in [-0.2, -0.15) is 0 Å². The molecule has 0 heterocycles. The third-order valence-electron chi connectivity index (χ3n) is 4.51. The Morgan fingerprint density at radius 1 is 1.06 bits per heavy atom. The number of para-hydroxylation sites is 1. The van der Waals surface area contributed by atoms with Gasteiger partial charge in [-0.3, -0.25) is 0 Å². The molecule has 0 aliphatic carbocycles. The van der Waals surface area contributed by atoms with Gasteiger partial charge in [-0.15, -0.1) is 12.4 Å². The number of methoxy groups -OCH3 is 1. The number of halogens is 3. The molecule has 0 saturated heterocycles. The molecule has 2 N–H and O–H groups in total. The summed E-state index contributed by atoms with van der Waals surface area (Å²) in [5.74, 6) is -0.191. The highest BCUT2D eigenvalue weighted by Gasteiger charge is 2.12. The summed E-state index contributed by atoms with van der Waals surface area (Å²) in [5, 5.41) is 12.6. The quantitative estimate of drug-likeness (QED) is 0.438. The summed E-state index contributed by atoms with van der Waals surface area (Å²) in [6.45, 7) is 1.23. The molecule has 0 unspecified atom stereocenters. The molecule has 0 radical (unpaired) electrons. The minimum Gasteiger partial charge on any atom is -0.493 e. The number of nitrogens with one attached hydrogen (secondary N) is 1. The van der Waals surface area contributed by atoms with E-state index in [9.17, 15) is 9.18 Å². The van der Waals surface area contributed by atoms with Crippen LogP contribution < -0.4 is 14.8 Å². The summed E-state index contributed by atoms with van der Waals surface area (Å²) < 4.78 is 24.6. The van der Waals surface area contributed by atoms with Crippen molar-refractivity contribution in [2.45, 2.75) is 19.7 Å². The first-order chi connectivity index (χ1) is 14.5. The lowest BCUT2D eigenvalue weighted by Crippen LogP contribution is -2.14. The minimum absolute atomic E-state index is 0. The number of hydrogen-bond acceptors (Lipinski definition) is 4. The van der Waals surface area contributed by atoms with Crippen molar-refractivity contribution in [1.82, 2.24) is 5.32 Å². The van der Waals surface area contributed by atoms with E-state index in [0.717, 1.165) is 11.1 Å². The molecule has 3 rings (SSSR count). The molecule has 3 aromatic carbocycles. The van der Waals surface area contributed by atoms with Crippen LogP contribution in [0.15, 0.2) is 60.7 Å². The highest BCUT2D eigenvalue weighted by Crippen LogP contribution is 2.32. The standard InChI is InChI=1S/C23H21ClFNO4.ClH/c1-29-21-4-2-3-17(13-26-12-15-5-7-16(8-6-15)23(27)28)22(21)30-14-18-9-10-19(25)11-20(18)24;/h2-11,26H,12-14H2,1H3,(H,27,28);1H. The predicted octanol–water partition coefficient (Wildman–Crippen LogP) is 5.48. The molecule has 5 nitrogen and oxygen atoms in total. The summed E-state index contributed by atoms with van der Waals surface area (Å²) >= 11 is 6.09. The van der Waals surface area contributed by atoms with Gasteiger partial charge in [-0.1, -0.05) is 41.9 Å². The monoisotopic (exact) mass is 465 g/mol. The molecule has 8 heteroatoms. The molecule has 0 aliphatic heterocycles. The van der Waals surface area contributed by atoms with Crippen molar-refractivity contribution in [3.8, 4) is 11.5 Å². The van der Waals surface area contributed by atoms with Crippen LogP contribution in [0.25, 0.3) is 0 Å². The Labute approximate surface area is 191 Å². The van der Waals surface area contributed by atoms with Crippen molar-refractivity contribution in [2.75, 3.05) is 7.11 Å². The number of ether oxygens (including phenoxy) is 2. The zero-order valence-electron chi connectivity index (χ0n) is 16.7. The van der Waals surface area contributed by atoms with E-state index in [2.05, 4.69) is 5.32 Å². The van der Waals surface area contributed by atoms with E-state index in [0.29, 0.717) is 35.2 Å². The molecule has 0 saturated carbocycles. The second-order valence-electron chi connectivity index (χ2n) is 6.58. The summed E-state index contributed by atoms with van der Waals surface area (Å²) in [7, 11) is 1.56. The number of rotatable bonds is 9. The number of carboxylic acids is 1. The Bertz CT molecular complexity index is 1030. The number of carbonyl (C=O) groups is 1. The fourth-order valence-corrected chi connectivity index (χ4v) is 3.14. The maximum absolute atomic E-state index is 13.3. The number of carboxylic acid groups (broad SMARTS) is 1. The van der Waals surface area contributed by atoms with E-state index in [1.807, 2.05) is 12.1 Å². The largest absolute Gasteiger partial charge is 0.493 e. The van der Waals surface area contributed by atoms with E-state index in [-0.39, 0.29) is 24.6 Å². The Balaban J connectivity index is 0.00000341. The third kappa shape index (κ3) is 6.59. The van der Waals surface area contributed by atoms with Crippen LogP contribution in [0.1, 0.15) is 27.0 Å². The van der Waals surface area contributed by atoms with Crippen molar-refractivity contribution < 1.29 is 23.8 Å². The Hall–Kier alpha value is -2.80. The normalized spacial score (nSPS) is 10.3. The minimum atomic E-state index is -0.950. The van der Waals surface area contributed by atoms with Crippen LogP contribution in [-0.2, 0) is 19.7 Å². The van der Waals surface area contributed by atoms with Gasteiger partial charge in [-0.25, -0.2) is 9.18 Å². The Morgan fingerprint density at radius 2 is 1.81 bits per heavy atom. The van der Waals surface area contributed by atoms with Gasteiger partial charge in [-0.05, 0) is 35.9 Å². The molecule has 0 amide bonds. The van der Waals surface area contributed by atoms with E-state index >= 15 is 0 Å². The molecule has 0 bridgehead atoms. The van der Waals surface area contributed by atoms with Crippen LogP contribution in [0.3, 0.4) is 0 Å².